The number of nitrogens with zero attached hydrogens (tertiary/aromatic N) is 2. The van der Waals surface area contributed by atoms with Crippen molar-refractivity contribution in [3.63, 3.8) is 0 Å². The molecule has 2 amide bonds. The molecule has 0 saturated carbocycles. The lowest BCUT2D eigenvalue weighted by Crippen LogP contribution is -2.77. The van der Waals surface area contributed by atoms with E-state index in [-0.39, 0.29) is 18.5 Å². The van der Waals surface area contributed by atoms with Crippen LogP contribution in [0.25, 0.3) is 0 Å². The van der Waals surface area contributed by atoms with Crippen molar-refractivity contribution in [2.24, 2.45) is 0 Å². The maximum atomic E-state index is 13.5. The molecule has 0 aromatic rings. The predicted octanol–water partition coefficient (Wildman–Crippen LogP) is 3.90. The molecule has 0 aromatic heterocycles. The number of ether oxygens (including phenoxy) is 3. The number of carbonyl (C=O) groups is 3. The third-order valence-corrected chi connectivity index (χ3v) is 6.20. The number of carbonyl (C=O) groups excluding carboxylic acids is 3. The highest BCUT2D eigenvalue weighted by atomic mass is 16.6. The van der Waals surface area contributed by atoms with Crippen LogP contribution in [0.1, 0.15) is 87.0 Å². The molecular weight excluding hydrogens is 412 g/mol. The standard InChI is InChI=1S/C24H42N2O6/c1-8-10-14-30-18(4)19(20(27)31-15-11-9-2)25-16-24(21(25)28)13-12-17(3)26(24)22(29)32-23(5,6)7/h17-19H,8-16H2,1-7H3/t17?,18-,19+,24?/m1/s1. The normalized spacial score (nSPS) is 25.0. The summed E-state index contributed by atoms with van der Waals surface area (Å²) in [4.78, 5) is 42.5. The fourth-order valence-corrected chi connectivity index (χ4v) is 4.45. The van der Waals surface area contributed by atoms with Gasteiger partial charge in [-0.05, 0) is 60.3 Å². The Morgan fingerprint density at radius 2 is 1.78 bits per heavy atom. The van der Waals surface area contributed by atoms with Crippen LogP contribution in [0, 0.1) is 0 Å². The molecule has 8 nitrogen and oxygen atoms in total. The van der Waals surface area contributed by atoms with Gasteiger partial charge in [-0.2, -0.15) is 0 Å². The molecule has 0 bridgehead atoms. The van der Waals surface area contributed by atoms with Crippen molar-refractivity contribution in [1.82, 2.24) is 9.80 Å². The molecule has 1 spiro atoms. The maximum Gasteiger partial charge on any atom is 0.411 e. The van der Waals surface area contributed by atoms with E-state index >= 15 is 0 Å². The van der Waals surface area contributed by atoms with E-state index < -0.39 is 35.3 Å². The summed E-state index contributed by atoms with van der Waals surface area (Å²) >= 11 is 0. The molecule has 184 valence electrons. The Labute approximate surface area is 192 Å². The Bertz CT molecular complexity index is 676. The first-order valence-corrected chi connectivity index (χ1v) is 12.1. The van der Waals surface area contributed by atoms with E-state index in [1.807, 2.05) is 41.5 Å². The highest BCUT2D eigenvalue weighted by Crippen LogP contribution is 2.44. The van der Waals surface area contributed by atoms with Crippen LogP contribution in [0.15, 0.2) is 0 Å². The third kappa shape index (κ3) is 5.74. The van der Waals surface area contributed by atoms with Gasteiger partial charge in [-0.25, -0.2) is 9.59 Å². The molecule has 2 rings (SSSR count). The monoisotopic (exact) mass is 454 g/mol. The first-order valence-electron chi connectivity index (χ1n) is 12.1. The Morgan fingerprint density at radius 1 is 1.16 bits per heavy atom. The van der Waals surface area contributed by atoms with Crippen LogP contribution in [0.3, 0.4) is 0 Å². The van der Waals surface area contributed by atoms with Crippen LogP contribution in [0.5, 0.6) is 0 Å². The zero-order valence-electron chi connectivity index (χ0n) is 20.9. The summed E-state index contributed by atoms with van der Waals surface area (Å²) in [5.41, 5.74) is -1.60. The van der Waals surface area contributed by atoms with Crippen molar-refractivity contribution in [3.8, 4) is 0 Å². The van der Waals surface area contributed by atoms with Gasteiger partial charge in [0.2, 0.25) is 0 Å². The molecule has 2 saturated heterocycles. The maximum absolute atomic E-state index is 13.5. The smallest absolute Gasteiger partial charge is 0.411 e. The van der Waals surface area contributed by atoms with Crippen LogP contribution in [0.4, 0.5) is 4.79 Å². The molecular formula is C24H42N2O6. The molecule has 0 radical (unpaired) electrons. The van der Waals surface area contributed by atoms with E-state index in [0.717, 1.165) is 25.7 Å². The molecule has 2 heterocycles. The largest absolute Gasteiger partial charge is 0.464 e. The molecule has 2 aliphatic rings. The fourth-order valence-electron chi connectivity index (χ4n) is 4.45. The predicted molar refractivity (Wildman–Crippen MR) is 121 cm³/mol. The van der Waals surface area contributed by atoms with Gasteiger partial charge in [-0.3, -0.25) is 9.69 Å². The Kier molecular flexibility index (Phi) is 8.97. The van der Waals surface area contributed by atoms with Crippen molar-refractivity contribution in [3.05, 3.63) is 0 Å². The van der Waals surface area contributed by atoms with E-state index in [2.05, 4.69) is 6.92 Å². The molecule has 0 N–H and O–H groups in total. The van der Waals surface area contributed by atoms with Gasteiger partial charge in [-0.15, -0.1) is 0 Å². The van der Waals surface area contributed by atoms with E-state index in [4.69, 9.17) is 14.2 Å². The van der Waals surface area contributed by atoms with Crippen molar-refractivity contribution in [2.45, 2.75) is 116 Å². The molecule has 8 heteroatoms. The summed E-state index contributed by atoms with van der Waals surface area (Å²) in [6.45, 7) is 14.4. The minimum absolute atomic E-state index is 0.107. The number of β-lactam (4-membered cyclic amide) rings is 1. The van der Waals surface area contributed by atoms with Gasteiger partial charge in [0.15, 0.2) is 6.04 Å². The Hall–Kier alpha value is -1.83. The molecule has 2 unspecified atom stereocenters. The van der Waals surface area contributed by atoms with Gasteiger partial charge in [0, 0.05) is 12.6 Å². The van der Waals surface area contributed by atoms with Crippen LogP contribution < -0.4 is 0 Å². The zero-order chi connectivity index (χ0) is 24.1. The molecule has 2 aliphatic heterocycles. The Balaban J connectivity index is 2.19. The second-order valence-corrected chi connectivity index (χ2v) is 10.1. The van der Waals surface area contributed by atoms with E-state index in [0.29, 0.717) is 26.1 Å². The number of unbranched alkanes of at least 4 members (excludes halogenated alkanes) is 2. The summed E-state index contributed by atoms with van der Waals surface area (Å²) in [5.74, 6) is -0.670. The van der Waals surface area contributed by atoms with Crippen molar-refractivity contribution in [1.29, 1.82) is 0 Å². The highest BCUT2D eigenvalue weighted by molar-refractivity contribution is 5.99. The lowest BCUT2D eigenvalue weighted by molar-refractivity contribution is -0.182. The van der Waals surface area contributed by atoms with Crippen LogP contribution >= 0.6 is 0 Å². The number of amides is 2. The Morgan fingerprint density at radius 3 is 2.34 bits per heavy atom. The minimum atomic E-state index is -0.952. The summed E-state index contributed by atoms with van der Waals surface area (Å²) in [7, 11) is 0. The number of esters is 1. The average Bonchev–Trinajstić information content (AvgIpc) is 3.05. The van der Waals surface area contributed by atoms with E-state index in [9.17, 15) is 14.4 Å². The molecule has 2 fully saturated rings. The second kappa shape index (κ2) is 10.9. The van der Waals surface area contributed by atoms with Crippen LogP contribution in [-0.4, -0.2) is 76.9 Å². The van der Waals surface area contributed by atoms with Gasteiger partial charge in [0.25, 0.3) is 5.91 Å². The van der Waals surface area contributed by atoms with Crippen LogP contribution in [-0.2, 0) is 23.8 Å². The van der Waals surface area contributed by atoms with Gasteiger partial charge < -0.3 is 19.1 Å². The lowest BCUT2D eigenvalue weighted by Gasteiger charge is -2.54. The number of hydrogen-bond acceptors (Lipinski definition) is 6. The minimum Gasteiger partial charge on any atom is -0.464 e. The third-order valence-electron chi connectivity index (χ3n) is 6.20. The summed E-state index contributed by atoms with van der Waals surface area (Å²) in [6, 6.07) is -0.928. The van der Waals surface area contributed by atoms with Crippen LogP contribution in [0.2, 0.25) is 0 Å². The van der Waals surface area contributed by atoms with Gasteiger partial charge >= 0.3 is 12.1 Å². The first kappa shape index (κ1) is 26.4. The van der Waals surface area contributed by atoms with Crippen molar-refractivity contribution in [2.75, 3.05) is 19.8 Å². The van der Waals surface area contributed by atoms with Gasteiger partial charge in [0.1, 0.15) is 11.1 Å². The average molecular weight is 455 g/mol. The van der Waals surface area contributed by atoms with Gasteiger partial charge in [-0.1, -0.05) is 26.7 Å². The zero-order valence-corrected chi connectivity index (χ0v) is 20.9. The topological polar surface area (TPSA) is 85.4 Å². The lowest BCUT2D eigenvalue weighted by atomic mass is 9.83. The quantitative estimate of drug-likeness (QED) is 0.283. The molecule has 32 heavy (non-hydrogen) atoms. The van der Waals surface area contributed by atoms with Crippen molar-refractivity contribution >= 4 is 18.0 Å². The summed E-state index contributed by atoms with van der Waals surface area (Å²) < 4.78 is 17.0. The summed E-state index contributed by atoms with van der Waals surface area (Å²) in [5, 5.41) is 0. The molecule has 4 atom stereocenters. The van der Waals surface area contributed by atoms with Gasteiger partial charge in [0.05, 0.1) is 19.3 Å². The first-order chi connectivity index (χ1) is 15.0. The van der Waals surface area contributed by atoms with Crippen molar-refractivity contribution < 1.29 is 28.6 Å². The number of hydrogen-bond donors (Lipinski definition) is 0. The SMILES string of the molecule is CCCCOC(=O)[C@H]([C@@H](C)OCCCC)N1CC2(CCC(C)N2C(=O)OC(C)(C)C)C1=O. The summed E-state index contributed by atoms with van der Waals surface area (Å²) in [6.07, 6.45) is 3.84. The number of rotatable bonds is 10. The van der Waals surface area contributed by atoms with E-state index in [1.165, 1.54) is 4.90 Å². The fraction of sp³-hybridized carbons (Fsp3) is 0.875. The molecule has 0 aliphatic carbocycles. The molecule has 0 aromatic carbocycles. The van der Waals surface area contributed by atoms with E-state index in [1.54, 1.807) is 4.90 Å². The number of likely N-dealkylation sites (tertiary alicyclic amines) is 2. The second-order valence-electron chi connectivity index (χ2n) is 10.1. The highest BCUT2D eigenvalue weighted by Gasteiger charge is 2.65.